The third kappa shape index (κ3) is 4.03. The summed E-state index contributed by atoms with van der Waals surface area (Å²) in [5.41, 5.74) is 11.3. The van der Waals surface area contributed by atoms with Gasteiger partial charge in [0.25, 0.3) is 0 Å². The van der Waals surface area contributed by atoms with Crippen molar-refractivity contribution in [1.82, 2.24) is 5.32 Å². The maximum atomic E-state index is 5.93. The first-order valence-electron chi connectivity index (χ1n) is 5.38. The molecule has 1 rings (SSSR count). The number of hydrogen-bond donors (Lipinski definition) is 3. The van der Waals surface area contributed by atoms with Gasteiger partial charge < -0.3 is 16.8 Å². The number of nitrogens with two attached hydrogens (primary N) is 2. The van der Waals surface area contributed by atoms with Crippen molar-refractivity contribution in [2.45, 2.75) is 25.3 Å². The van der Waals surface area contributed by atoms with E-state index in [0.29, 0.717) is 6.54 Å². The summed E-state index contributed by atoms with van der Waals surface area (Å²) in [5.74, 6) is 0. The van der Waals surface area contributed by atoms with Crippen molar-refractivity contribution >= 4 is 22.9 Å². The zero-order valence-electron chi connectivity index (χ0n) is 9.79. The second-order valence-corrected chi connectivity index (χ2v) is 6.33. The molecule has 0 saturated carbocycles. The van der Waals surface area contributed by atoms with Crippen LogP contribution in [0.4, 0.5) is 0 Å². The lowest BCUT2D eigenvalue weighted by Gasteiger charge is -2.24. The largest absolute Gasteiger partial charge is 0.329 e. The molecule has 0 aliphatic rings. The smallest absolute Gasteiger partial charge is 0.0931 e. The Hall–Kier alpha value is -0.130. The Labute approximate surface area is 106 Å². The van der Waals surface area contributed by atoms with Gasteiger partial charge in [0.05, 0.1) is 4.34 Å². The molecule has 5 N–H and O–H groups in total. The van der Waals surface area contributed by atoms with Crippen LogP contribution in [0, 0.1) is 0 Å². The van der Waals surface area contributed by atoms with E-state index in [2.05, 4.69) is 25.2 Å². The quantitative estimate of drug-likeness (QED) is 0.728. The van der Waals surface area contributed by atoms with Crippen LogP contribution in [0.25, 0.3) is 0 Å². The molecule has 16 heavy (non-hydrogen) atoms. The van der Waals surface area contributed by atoms with Crippen LogP contribution < -0.4 is 16.8 Å². The number of rotatable bonds is 6. The third-order valence-corrected chi connectivity index (χ3v) is 4.11. The summed E-state index contributed by atoms with van der Waals surface area (Å²) in [6, 6.07) is 4.05. The minimum atomic E-state index is 0.0303. The summed E-state index contributed by atoms with van der Waals surface area (Å²) >= 11 is 7.56. The van der Waals surface area contributed by atoms with E-state index >= 15 is 0 Å². The molecule has 0 radical (unpaired) electrons. The summed E-state index contributed by atoms with van der Waals surface area (Å²) in [6.45, 7) is 6.51. The first kappa shape index (κ1) is 13.9. The van der Waals surface area contributed by atoms with E-state index in [1.807, 2.05) is 6.07 Å². The highest BCUT2D eigenvalue weighted by molar-refractivity contribution is 7.16. The lowest BCUT2D eigenvalue weighted by Crippen LogP contribution is -2.43. The Bertz CT molecular complexity index is 325. The van der Waals surface area contributed by atoms with Crippen molar-refractivity contribution in [3.05, 3.63) is 21.3 Å². The van der Waals surface area contributed by atoms with Gasteiger partial charge in [-0.15, -0.1) is 11.3 Å². The zero-order valence-corrected chi connectivity index (χ0v) is 11.4. The molecule has 0 spiro atoms. The van der Waals surface area contributed by atoms with Gasteiger partial charge in [0.15, 0.2) is 0 Å². The molecular formula is C11H20ClN3S. The molecule has 0 saturated heterocycles. The topological polar surface area (TPSA) is 64.1 Å². The van der Waals surface area contributed by atoms with E-state index < -0.39 is 0 Å². The van der Waals surface area contributed by atoms with Gasteiger partial charge in [0.2, 0.25) is 0 Å². The number of thiophene rings is 1. The summed E-state index contributed by atoms with van der Waals surface area (Å²) < 4.78 is 0.835. The normalized spacial score (nSPS) is 14.1. The summed E-state index contributed by atoms with van der Waals surface area (Å²) in [5, 5.41) is 3.34. The Morgan fingerprint density at radius 2 is 2.19 bits per heavy atom. The minimum absolute atomic E-state index is 0.0303. The van der Waals surface area contributed by atoms with Crippen molar-refractivity contribution in [3.8, 4) is 0 Å². The summed E-state index contributed by atoms with van der Waals surface area (Å²) in [7, 11) is 0. The molecular weight excluding hydrogens is 242 g/mol. The van der Waals surface area contributed by atoms with Crippen molar-refractivity contribution in [1.29, 1.82) is 0 Å². The number of hydrogen-bond acceptors (Lipinski definition) is 4. The Balaban J connectivity index is 2.46. The van der Waals surface area contributed by atoms with E-state index in [1.165, 1.54) is 4.88 Å². The third-order valence-electron chi connectivity index (χ3n) is 2.52. The molecule has 5 heteroatoms. The fourth-order valence-corrected chi connectivity index (χ4v) is 2.56. The van der Waals surface area contributed by atoms with Crippen molar-refractivity contribution in [3.63, 3.8) is 0 Å². The minimum Gasteiger partial charge on any atom is -0.329 e. The Morgan fingerprint density at radius 1 is 1.50 bits per heavy atom. The van der Waals surface area contributed by atoms with Crippen LogP contribution in [0.15, 0.2) is 12.1 Å². The molecule has 1 heterocycles. The fraction of sp³-hybridized carbons (Fsp3) is 0.636. The Morgan fingerprint density at radius 3 is 2.69 bits per heavy atom. The van der Waals surface area contributed by atoms with Gasteiger partial charge in [0.1, 0.15) is 0 Å². The standard InChI is InChI=1S/C11H20ClN3S/c1-11(2,7-15-6-8(14)5-13)9-3-4-10(12)16-9/h3-4,8,15H,5-7,13-14H2,1-2H3. The van der Waals surface area contributed by atoms with Crippen LogP contribution in [0.5, 0.6) is 0 Å². The van der Waals surface area contributed by atoms with Crippen LogP contribution in [0.1, 0.15) is 18.7 Å². The van der Waals surface area contributed by atoms with E-state index in [9.17, 15) is 0 Å². The highest BCUT2D eigenvalue weighted by Crippen LogP contribution is 2.31. The van der Waals surface area contributed by atoms with E-state index in [1.54, 1.807) is 11.3 Å². The molecule has 1 unspecified atom stereocenters. The molecule has 1 aromatic heterocycles. The number of halogens is 1. The molecule has 3 nitrogen and oxygen atoms in total. The maximum Gasteiger partial charge on any atom is 0.0931 e. The maximum absolute atomic E-state index is 5.93. The molecule has 0 amide bonds. The molecule has 0 aromatic carbocycles. The van der Waals surface area contributed by atoms with Crippen LogP contribution in [-0.4, -0.2) is 25.7 Å². The van der Waals surface area contributed by atoms with Gasteiger partial charge in [-0.2, -0.15) is 0 Å². The summed E-state index contributed by atoms with van der Waals surface area (Å²) in [4.78, 5) is 1.28. The molecule has 0 aliphatic heterocycles. The van der Waals surface area contributed by atoms with Gasteiger partial charge in [-0.3, -0.25) is 0 Å². The van der Waals surface area contributed by atoms with Gasteiger partial charge >= 0.3 is 0 Å². The lowest BCUT2D eigenvalue weighted by molar-refractivity contribution is 0.460. The SMILES string of the molecule is CC(C)(CNCC(N)CN)c1ccc(Cl)s1. The molecule has 0 aliphatic carbocycles. The van der Waals surface area contributed by atoms with Gasteiger partial charge in [-0.05, 0) is 12.1 Å². The van der Waals surface area contributed by atoms with Crippen LogP contribution >= 0.6 is 22.9 Å². The van der Waals surface area contributed by atoms with E-state index in [4.69, 9.17) is 23.1 Å². The second kappa shape index (κ2) is 5.98. The fourth-order valence-electron chi connectivity index (χ4n) is 1.42. The van der Waals surface area contributed by atoms with Crippen LogP contribution in [0.3, 0.4) is 0 Å². The van der Waals surface area contributed by atoms with Crippen LogP contribution in [0.2, 0.25) is 4.34 Å². The molecule has 0 fully saturated rings. The van der Waals surface area contributed by atoms with Gasteiger partial charge in [-0.1, -0.05) is 25.4 Å². The predicted molar refractivity (Wildman–Crippen MR) is 72.3 cm³/mol. The molecule has 92 valence electrons. The average Bonchev–Trinajstić information content (AvgIpc) is 2.65. The molecule has 1 aromatic rings. The van der Waals surface area contributed by atoms with Gasteiger partial charge in [-0.25, -0.2) is 0 Å². The second-order valence-electron chi connectivity index (χ2n) is 4.61. The predicted octanol–water partition coefficient (Wildman–Crippen LogP) is 1.55. The monoisotopic (exact) mass is 261 g/mol. The summed E-state index contributed by atoms with van der Waals surface area (Å²) in [6.07, 6.45) is 0. The van der Waals surface area contributed by atoms with Crippen LogP contribution in [-0.2, 0) is 5.41 Å². The first-order chi connectivity index (χ1) is 7.45. The molecule has 1 atom stereocenters. The first-order valence-corrected chi connectivity index (χ1v) is 6.57. The number of nitrogens with one attached hydrogen (secondary N) is 1. The average molecular weight is 262 g/mol. The Kier molecular flexibility index (Phi) is 5.21. The van der Waals surface area contributed by atoms with Gasteiger partial charge in [0, 0.05) is 36.0 Å². The highest BCUT2D eigenvalue weighted by Gasteiger charge is 2.22. The lowest BCUT2D eigenvalue weighted by atomic mass is 9.91. The van der Waals surface area contributed by atoms with Crippen molar-refractivity contribution in [2.24, 2.45) is 11.5 Å². The van der Waals surface area contributed by atoms with Crippen molar-refractivity contribution in [2.75, 3.05) is 19.6 Å². The van der Waals surface area contributed by atoms with Crippen molar-refractivity contribution < 1.29 is 0 Å². The molecule has 0 bridgehead atoms. The zero-order chi connectivity index (χ0) is 12.2. The highest BCUT2D eigenvalue weighted by atomic mass is 35.5. The van der Waals surface area contributed by atoms with E-state index in [-0.39, 0.29) is 11.5 Å². The van der Waals surface area contributed by atoms with E-state index in [0.717, 1.165) is 17.4 Å².